The van der Waals surface area contributed by atoms with Gasteiger partial charge in [-0.2, -0.15) is 0 Å². The van der Waals surface area contributed by atoms with Crippen molar-refractivity contribution in [3.05, 3.63) is 0 Å². The molecule has 0 saturated carbocycles. The number of esters is 2. The molecule has 2 atom stereocenters. The number of aliphatic carboxylic acids is 1. The van der Waals surface area contributed by atoms with E-state index in [9.17, 15) is 14.4 Å². The molecule has 168 valence electrons. The van der Waals surface area contributed by atoms with Crippen LogP contribution in [-0.2, 0) is 23.9 Å². The van der Waals surface area contributed by atoms with Crippen LogP contribution in [0.2, 0.25) is 0 Å². The zero-order valence-corrected chi connectivity index (χ0v) is 19.2. The van der Waals surface area contributed by atoms with Gasteiger partial charge >= 0.3 is 17.9 Å². The Kier molecular flexibility index (Phi) is 15.2. The highest BCUT2D eigenvalue weighted by Gasteiger charge is 2.18. The minimum atomic E-state index is -0.925. The van der Waals surface area contributed by atoms with Crippen LogP contribution in [0.4, 0.5) is 0 Å². The Morgan fingerprint density at radius 1 is 1.00 bits per heavy atom. The molecule has 1 aliphatic heterocycles. The molecule has 2 unspecified atom stereocenters. The lowest BCUT2D eigenvalue weighted by molar-refractivity contribution is -0.159. The van der Waals surface area contributed by atoms with Gasteiger partial charge in [0.05, 0.1) is 0 Å². The van der Waals surface area contributed by atoms with Crippen molar-refractivity contribution in [1.29, 1.82) is 0 Å². The zero-order valence-electron chi connectivity index (χ0n) is 17.6. The summed E-state index contributed by atoms with van der Waals surface area (Å²) in [5, 5.41) is 9.35. The third-order valence-corrected chi connectivity index (χ3v) is 7.77. The lowest BCUT2D eigenvalue weighted by atomic mass is 10.1. The van der Waals surface area contributed by atoms with E-state index < -0.39 is 18.0 Å². The number of rotatable bonds is 17. The fourth-order valence-electron chi connectivity index (χ4n) is 3.07. The number of hydrogen-bond acceptors (Lipinski definition) is 7. The van der Waals surface area contributed by atoms with Crippen molar-refractivity contribution in [1.82, 2.24) is 0 Å². The molecule has 29 heavy (non-hydrogen) atoms. The van der Waals surface area contributed by atoms with Crippen molar-refractivity contribution >= 4 is 39.5 Å². The van der Waals surface area contributed by atoms with Gasteiger partial charge in [-0.3, -0.25) is 14.4 Å². The second-order valence-electron chi connectivity index (χ2n) is 7.47. The van der Waals surface area contributed by atoms with Gasteiger partial charge in [-0.05, 0) is 38.5 Å². The molecule has 8 heteroatoms. The van der Waals surface area contributed by atoms with E-state index in [1.54, 1.807) is 0 Å². The normalized spacial score (nSPS) is 17.1. The molecular formula is C21H36O6S2. The molecule has 0 spiro atoms. The van der Waals surface area contributed by atoms with Crippen LogP contribution in [-0.4, -0.2) is 46.7 Å². The Bertz CT molecular complexity index is 480. The average molecular weight is 449 g/mol. The molecular weight excluding hydrogens is 412 g/mol. The molecule has 1 N–H and O–H groups in total. The van der Waals surface area contributed by atoms with E-state index >= 15 is 0 Å². The summed E-state index contributed by atoms with van der Waals surface area (Å²) in [4.78, 5) is 34.5. The van der Waals surface area contributed by atoms with Crippen LogP contribution in [0.3, 0.4) is 0 Å². The number of hydrogen-bond donors (Lipinski definition) is 1. The van der Waals surface area contributed by atoms with Gasteiger partial charge < -0.3 is 14.6 Å². The van der Waals surface area contributed by atoms with Gasteiger partial charge in [-0.1, -0.05) is 54.2 Å². The number of carbonyl (C=O) groups is 3. The van der Waals surface area contributed by atoms with Gasteiger partial charge in [0.1, 0.15) is 12.7 Å². The van der Waals surface area contributed by atoms with Crippen LogP contribution < -0.4 is 0 Å². The average Bonchev–Trinajstić information content (AvgIpc) is 3.19. The quantitative estimate of drug-likeness (QED) is 0.180. The van der Waals surface area contributed by atoms with Crippen LogP contribution in [0.15, 0.2) is 0 Å². The summed E-state index contributed by atoms with van der Waals surface area (Å²) in [5.74, 6) is -0.356. The van der Waals surface area contributed by atoms with Crippen LogP contribution >= 0.6 is 21.6 Å². The highest BCUT2D eigenvalue weighted by molar-refractivity contribution is 8.77. The number of carbonyl (C=O) groups excluding carboxylic acids is 2. The fourth-order valence-corrected chi connectivity index (χ4v) is 6.10. The second-order valence-corrected chi connectivity index (χ2v) is 10.3. The van der Waals surface area contributed by atoms with Crippen molar-refractivity contribution in [2.45, 2.75) is 102 Å². The Balaban J connectivity index is 2.27. The Labute approximate surface area is 182 Å². The predicted octanol–water partition coefficient (Wildman–Crippen LogP) is 5.38. The molecule has 1 aliphatic rings. The summed E-state index contributed by atoms with van der Waals surface area (Å²) < 4.78 is 10.8. The SMILES string of the molecule is CCCCCCC(COC(=O)CCCC(=O)O)OC(=O)CCCCC1CCSS1. The van der Waals surface area contributed by atoms with Gasteiger partial charge in [0.15, 0.2) is 0 Å². The van der Waals surface area contributed by atoms with Crippen molar-refractivity contribution in [3.8, 4) is 0 Å². The van der Waals surface area contributed by atoms with Crippen molar-refractivity contribution in [2.24, 2.45) is 0 Å². The minimum Gasteiger partial charge on any atom is -0.481 e. The summed E-state index contributed by atoms with van der Waals surface area (Å²) >= 11 is 0. The molecule has 0 aromatic heterocycles. The smallest absolute Gasteiger partial charge is 0.306 e. The fraction of sp³-hybridized carbons (Fsp3) is 0.857. The largest absolute Gasteiger partial charge is 0.481 e. The molecule has 0 aliphatic carbocycles. The lowest BCUT2D eigenvalue weighted by Gasteiger charge is -2.18. The molecule has 0 radical (unpaired) electrons. The van der Waals surface area contributed by atoms with E-state index in [-0.39, 0.29) is 31.8 Å². The lowest BCUT2D eigenvalue weighted by Crippen LogP contribution is -2.25. The van der Waals surface area contributed by atoms with Crippen LogP contribution in [0.25, 0.3) is 0 Å². The van der Waals surface area contributed by atoms with E-state index in [1.807, 2.05) is 21.6 Å². The summed E-state index contributed by atoms with van der Waals surface area (Å²) in [6.45, 7) is 2.19. The van der Waals surface area contributed by atoms with E-state index in [0.717, 1.165) is 50.2 Å². The van der Waals surface area contributed by atoms with E-state index in [0.29, 0.717) is 12.8 Å². The number of unbranched alkanes of at least 4 members (excludes halogenated alkanes) is 4. The van der Waals surface area contributed by atoms with Gasteiger partial charge in [0.25, 0.3) is 0 Å². The van der Waals surface area contributed by atoms with Gasteiger partial charge in [-0.15, -0.1) is 0 Å². The topological polar surface area (TPSA) is 89.9 Å². The van der Waals surface area contributed by atoms with Crippen LogP contribution in [0.5, 0.6) is 0 Å². The first-order chi connectivity index (χ1) is 14.0. The summed E-state index contributed by atoms with van der Waals surface area (Å²) in [6.07, 6.45) is 9.48. The first-order valence-electron chi connectivity index (χ1n) is 10.9. The third kappa shape index (κ3) is 14.7. The summed E-state index contributed by atoms with van der Waals surface area (Å²) in [7, 11) is 3.90. The van der Waals surface area contributed by atoms with Gasteiger partial charge in [0.2, 0.25) is 0 Å². The second kappa shape index (κ2) is 16.9. The minimum absolute atomic E-state index is 0.0530. The van der Waals surface area contributed by atoms with Crippen molar-refractivity contribution < 1.29 is 29.0 Å². The molecule has 0 aromatic rings. The molecule has 0 bridgehead atoms. The van der Waals surface area contributed by atoms with E-state index in [1.165, 1.54) is 12.2 Å². The number of ether oxygens (including phenoxy) is 2. The number of carboxylic acid groups (broad SMARTS) is 1. The van der Waals surface area contributed by atoms with Crippen LogP contribution in [0, 0.1) is 0 Å². The van der Waals surface area contributed by atoms with Crippen molar-refractivity contribution in [2.75, 3.05) is 12.4 Å². The first-order valence-corrected chi connectivity index (χ1v) is 13.2. The Morgan fingerprint density at radius 2 is 1.79 bits per heavy atom. The van der Waals surface area contributed by atoms with E-state index in [2.05, 4.69) is 6.92 Å². The standard InChI is InChI=1S/C21H36O6S2/c1-2-3-4-5-9-17(16-26-20(24)13-8-11-19(22)23)27-21(25)12-7-6-10-18-14-15-28-29-18/h17-18H,2-16H2,1H3,(H,22,23). The number of carboxylic acids is 1. The first kappa shape index (κ1) is 26.1. The Morgan fingerprint density at radius 3 is 2.48 bits per heavy atom. The molecule has 1 fully saturated rings. The zero-order chi connectivity index (χ0) is 21.3. The third-order valence-electron chi connectivity index (χ3n) is 4.76. The van der Waals surface area contributed by atoms with Crippen molar-refractivity contribution in [3.63, 3.8) is 0 Å². The highest BCUT2D eigenvalue weighted by Crippen LogP contribution is 2.39. The summed E-state index contributed by atoms with van der Waals surface area (Å²) in [6, 6.07) is 0. The Hall–Kier alpha value is -0.890. The molecule has 1 heterocycles. The molecule has 1 saturated heterocycles. The maximum absolute atomic E-state index is 12.2. The maximum atomic E-state index is 12.2. The molecule has 6 nitrogen and oxygen atoms in total. The monoisotopic (exact) mass is 448 g/mol. The molecule has 0 aromatic carbocycles. The highest BCUT2D eigenvalue weighted by atomic mass is 33.1. The molecule has 0 amide bonds. The van der Waals surface area contributed by atoms with Crippen LogP contribution in [0.1, 0.15) is 90.4 Å². The molecule has 1 rings (SSSR count). The predicted molar refractivity (Wildman–Crippen MR) is 118 cm³/mol. The van der Waals surface area contributed by atoms with Gasteiger partial charge in [-0.25, -0.2) is 0 Å². The summed E-state index contributed by atoms with van der Waals surface area (Å²) in [5.41, 5.74) is 0. The van der Waals surface area contributed by atoms with Gasteiger partial charge in [0, 0.05) is 30.3 Å². The van der Waals surface area contributed by atoms with E-state index in [4.69, 9.17) is 14.6 Å². The maximum Gasteiger partial charge on any atom is 0.306 e.